The molecule has 2 saturated carbocycles. The third kappa shape index (κ3) is 8.64. The third-order valence-electron chi connectivity index (χ3n) is 16.7. The van der Waals surface area contributed by atoms with Gasteiger partial charge in [-0.3, -0.25) is 9.59 Å². The van der Waals surface area contributed by atoms with Gasteiger partial charge in [0.15, 0.2) is 0 Å². The molecule has 5 aromatic rings. The Bertz CT molecular complexity index is 2780. The number of imidazole rings is 2. The smallest absolute Gasteiger partial charge is 0.407 e. The van der Waals surface area contributed by atoms with Crippen molar-refractivity contribution in [3.8, 4) is 0 Å². The number of aromatic amines is 2. The monoisotopic (exact) mass is 954 g/mol. The molecule has 70 heavy (non-hydrogen) atoms. The van der Waals surface area contributed by atoms with Gasteiger partial charge in [0.25, 0.3) is 0 Å². The summed E-state index contributed by atoms with van der Waals surface area (Å²) in [7, 11) is 1.32. The Morgan fingerprint density at radius 1 is 0.657 bits per heavy atom. The van der Waals surface area contributed by atoms with Crippen LogP contribution in [0.1, 0.15) is 165 Å². The summed E-state index contributed by atoms with van der Waals surface area (Å²) >= 11 is 0. The number of H-pyrrole nitrogens is 2. The number of fused-ring (bicyclic) bond motifs is 4. The zero-order valence-corrected chi connectivity index (χ0v) is 42.0. The van der Waals surface area contributed by atoms with Crippen LogP contribution >= 0.6 is 0 Å². The van der Waals surface area contributed by atoms with Crippen LogP contribution in [-0.2, 0) is 19.7 Å². The molecule has 10 atom stereocenters. The molecule has 372 valence electrons. The highest BCUT2D eigenvalue weighted by atomic mass is 16.5. The molecule has 5 heterocycles. The quantitative estimate of drug-likeness (QED) is 0.0858. The van der Waals surface area contributed by atoms with Crippen molar-refractivity contribution in [1.29, 1.82) is 0 Å². The number of ether oxygens (including phenoxy) is 1. The van der Waals surface area contributed by atoms with E-state index in [1.807, 2.05) is 37.5 Å². The Morgan fingerprint density at radius 2 is 1.13 bits per heavy atom. The number of carboxylic acid groups (broad SMARTS) is 1. The molecule has 15 heteroatoms. The van der Waals surface area contributed by atoms with Crippen LogP contribution < -0.4 is 15.5 Å². The Morgan fingerprint density at radius 3 is 1.56 bits per heavy atom. The number of hydrogen-bond donors (Lipinski definition) is 5. The number of hydrogen-bond acceptors (Lipinski definition) is 8. The van der Waals surface area contributed by atoms with E-state index in [1.165, 1.54) is 18.2 Å². The molecular formula is C55H71N9O6. The van der Waals surface area contributed by atoms with Gasteiger partial charge in [0.1, 0.15) is 23.7 Å². The van der Waals surface area contributed by atoms with Gasteiger partial charge in [0.2, 0.25) is 11.8 Å². The first-order valence-corrected chi connectivity index (χ1v) is 25.8. The van der Waals surface area contributed by atoms with Crippen LogP contribution in [0.5, 0.6) is 0 Å². The summed E-state index contributed by atoms with van der Waals surface area (Å²) in [6, 6.07) is 20.4. The second kappa shape index (κ2) is 18.6. The molecule has 10 rings (SSSR count). The number of nitrogens with zero attached hydrogens (tertiary/aromatic N) is 5. The summed E-state index contributed by atoms with van der Waals surface area (Å²) in [5.41, 5.74) is 8.29. The number of carbonyl (C=O) groups is 4. The lowest BCUT2D eigenvalue weighted by Crippen LogP contribution is -2.53. The van der Waals surface area contributed by atoms with Gasteiger partial charge in [-0.15, -0.1) is 0 Å². The molecule has 0 bridgehead atoms. The van der Waals surface area contributed by atoms with Crippen molar-refractivity contribution in [2.24, 2.45) is 23.7 Å². The van der Waals surface area contributed by atoms with Crippen molar-refractivity contribution in [3.63, 3.8) is 0 Å². The molecule has 3 aliphatic heterocycles. The van der Waals surface area contributed by atoms with E-state index in [-0.39, 0.29) is 65.3 Å². The summed E-state index contributed by atoms with van der Waals surface area (Å²) in [5.74, 6) is 1.70. The van der Waals surface area contributed by atoms with Crippen LogP contribution in [0.25, 0.3) is 22.1 Å². The summed E-state index contributed by atoms with van der Waals surface area (Å²) in [5, 5.41) is 15.0. The van der Waals surface area contributed by atoms with Crippen molar-refractivity contribution < 1.29 is 29.0 Å². The number of methoxy groups -OCH3 is 1. The average Bonchev–Trinajstić information content (AvgIpc) is 4.18. The number of nitrogens with one attached hydrogen (secondary N) is 4. The van der Waals surface area contributed by atoms with E-state index in [9.17, 15) is 24.3 Å². The molecule has 0 radical (unpaired) electrons. The molecule has 0 spiro atoms. The molecule has 5 fully saturated rings. The van der Waals surface area contributed by atoms with Crippen LogP contribution in [0, 0.1) is 23.7 Å². The van der Waals surface area contributed by atoms with Gasteiger partial charge < -0.3 is 45.1 Å². The summed E-state index contributed by atoms with van der Waals surface area (Å²) in [6.07, 6.45) is 7.78. The maximum absolute atomic E-state index is 14.5. The highest BCUT2D eigenvalue weighted by Gasteiger charge is 2.51. The first kappa shape index (κ1) is 47.6. The number of benzene rings is 3. The van der Waals surface area contributed by atoms with Crippen molar-refractivity contribution in [1.82, 2.24) is 40.4 Å². The number of alkyl carbamates (subject to hydrolysis) is 1. The number of rotatable bonds is 11. The van der Waals surface area contributed by atoms with Crippen molar-refractivity contribution in [2.75, 3.05) is 12.0 Å². The fraction of sp³-hybridized carbons (Fsp3) is 0.564. The van der Waals surface area contributed by atoms with Crippen molar-refractivity contribution >= 4 is 51.8 Å². The molecule has 3 aromatic carbocycles. The molecular weight excluding hydrogens is 883 g/mol. The first-order valence-electron chi connectivity index (χ1n) is 25.8. The van der Waals surface area contributed by atoms with Gasteiger partial charge in [0.05, 0.1) is 53.3 Å². The minimum atomic E-state index is -1.19. The zero-order chi connectivity index (χ0) is 49.3. The van der Waals surface area contributed by atoms with Gasteiger partial charge in [-0.05, 0) is 134 Å². The standard InChI is InChI=1S/C55H71N9O6/c1-29(2)47(60-53(67)68)51(65)63-41-13-9-11-31(41)27-45(63)49-56-37-21-15-33(25-39(37)58-49)43-23-24-44(62(43)36-19-17-35(18-20-36)55(5,6)7)34-16-22-38-40(26-34)59-50(57-38)46-28-32-12-10-14-42(32)64(46)52(66)48(30(3)4)61-54(69)70-8/h15-22,25-26,29-32,41-48,60H,9-14,23-24,27-28H2,1-8H3,(H,56,58)(H,57,59)(H,61,69)(H,67,68)/t31-,32-,41-,42-,43+,44+,45-,46?,47-,48-/m0/s1. The van der Waals surface area contributed by atoms with Crippen molar-refractivity contribution in [2.45, 2.75) is 166 Å². The second-order valence-corrected chi connectivity index (χ2v) is 22.6. The number of likely N-dealkylation sites (tertiary alicyclic amines) is 2. The molecule has 2 aromatic heterocycles. The Kier molecular flexibility index (Phi) is 12.6. The van der Waals surface area contributed by atoms with E-state index < -0.39 is 24.3 Å². The second-order valence-electron chi connectivity index (χ2n) is 22.6. The SMILES string of the molecule is COC(=O)N[C@H](C(=O)N1C(c2nc3cc([C@H]4CC[C@H](c5ccc6[nH]c([C@@H]7C[C@@H]8CCC[C@@H]8N7C(=O)[C@@H](NC(=O)O)C(C)C)nc6c5)N4c4ccc(C(C)(C)C)cc4)ccc3[nH]2)C[C@@H]2CCC[C@@H]21)C(C)C. The Labute approximate surface area is 410 Å². The fourth-order valence-corrected chi connectivity index (χ4v) is 13.1. The van der Waals surface area contributed by atoms with Crippen LogP contribution in [-0.4, -0.2) is 90.1 Å². The molecule has 5 aliphatic rings. The molecule has 15 nitrogen and oxygen atoms in total. The van der Waals surface area contributed by atoms with Gasteiger partial charge in [-0.1, -0.05) is 85.6 Å². The van der Waals surface area contributed by atoms with E-state index in [2.05, 4.69) is 107 Å². The largest absolute Gasteiger partial charge is 0.465 e. The van der Waals surface area contributed by atoms with Crippen molar-refractivity contribution in [3.05, 3.63) is 89.0 Å². The summed E-state index contributed by atoms with van der Waals surface area (Å²) in [6.45, 7) is 14.4. The molecule has 1 unspecified atom stereocenters. The predicted molar refractivity (Wildman–Crippen MR) is 269 cm³/mol. The minimum Gasteiger partial charge on any atom is -0.465 e. The topological polar surface area (TPSA) is 189 Å². The Balaban J connectivity index is 0.966. The molecule has 2 aliphatic carbocycles. The number of amides is 4. The van der Waals surface area contributed by atoms with Crippen LogP contribution in [0.15, 0.2) is 60.7 Å². The van der Waals surface area contributed by atoms with E-state index in [0.29, 0.717) is 11.8 Å². The number of anilines is 1. The normalized spacial score (nSPS) is 26.3. The fourth-order valence-electron chi connectivity index (χ4n) is 13.1. The van der Waals surface area contributed by atoms with Gasteiger partial charge in [-0.25, -0.2) is 19.6 Å². The first-order chi connectivity index (χ1) is 33.5. The van der Waals surface area contributed by atoms with Crippen LogP contribution in [0.4, 0.5) is 15.3 Å². The number of aromatic nitrogens is 4. The summed E-state index contributed by atoms with van der Waals surface area (Å²) < 4.78 is 4.92. The van der Waals surface area contributed by atoms with E-state index >= 15 is 0 Å². The average molecular weight is 954 g/mol. The van der Waals surface area contributed by atoms with Crippen LogP contribution in [0.2, 0.25) is 0 Å². The molecule has 4 amide bonds. The highest BCUT2D eigenvalue weighted by Crippen LogP contribution is 2.51. The van der Waals surface area contributed by atoms with Gasteiger partial charge >= 0.3 is 12.2 Å². The van der Waals surface area contributed by atoms with Crippen LogP contribution in [0.3, 0.4) is 0 Å². The molecule has 3 saturated heterocycles. The zero-order valence-electron chi connectivity index (χ0n) is 42.0. The van der Waals surface area contributed by atoms with E-state index in [4.69, 9.17) is 14.7 Å². The Hall–Kier alpha value is -6.12. The lowest BCUT2D eigenvalue weighted by molar-refractivity contribution is -0.138. The summed E-state index contributed by atoms with van der Waals surface area (Å²) in [4.78, 5) is 77.3. The molecule has 5 N–H and O–H groups in total. The van der Waals surface area contributed by atoms with Gasteiger partial charge in [-0.2, -0.15) is 0 Å². The van der Waals surface area contributed by atoms with E-state index in [0.717, 1.165) is 109 Å². The minimum absolute atomic E-state index is 0.0000860. The van der Waals surface area contributed by atoms with Gasteiger partial charge in [0, 0.05) is 17.8 Å². The predicted octanol–water partition coefficient (Wildman–Crippen LogP) is 10.4. The number of carbonyl (C=O) groups excluding carboxylic acids is 3. The lowest BCUT2D eigenvalue weighted by Gasteiger charge is -2.34. The van der Waals surface area contributed by atoms with E-state index in [1.54, 1.807) is 0 Å². The maximum Gasteiger partial charge on any atom is 0.407 e. The maximum atomic E-state index is 14.5. The third-order valence-corrected chi connectivity index (χ3v) is 16.7. The lowest BCUT2D eigenvalue weighted by atomic mass is 9.87. The highest BCUT2D eigenvalue weighted by molar-refractivity contribution is 5.88.